The van der Waals surface area contributed by atoms with E-state index >= 15 is 0 Å². The molecule has 1 fully saturated rings. The Labute approximate surface area is 484 Å². The van der Waals surface area contributed by atoms with Crippen LogP contribution in [0, 0.1) is 17.8 Å². The molecule has 10 atom stereocenters. The van der Waals surface area contributed by atoms with Crippen molar-refractivity contribution in [2.24, 2.45) is 17.8 Å². The SMILES string of the molecule is CC[C@H](C)[C@@H](C(=O)N[C@@H](CC(C)=O)C(=O)N1CCCCC1)N(C)C(=O)[C@H](CC(C)C)N(C)C(=O)[C@H](COC(C)(C)C)NC(=O)CN(C)C[C@@H](NC(=O)[C@H](CC(C)C)N(C)C(=O)[C@H](Cc1ccccc1)N(C)C(=O)[C@@H](C)N(C)C)[C@@H](C)O. The molecule has 0 bridgehead atoms. The molecule has 1 heterocycles. The van der Waals surface area contributed by atoms with Gasteiger partial charge in [-0.1, -0.05) is 78.3 Å². The van der Waals surface area contributed by atoms with Crippen LogP contribution in [0.15, 0.2) is 30.3 Å². The van der Waals surface area contributed by atoms with E-state index in [1.165, 1.54) is 47.5 Å². The van der Waals surface area contributed by atoms with Crippen molar-refractivity contribution in [3.8, 4) is 0 Å². The lowest BCUT2D eigenvalue weighted by Gasteiger charge is -2.39. The van der Waals surface area contributed by atoms with Crippen LogP contribution in [0.25, 0.3) is 0 Å². The van der Waals surface area contributed by atoms with Crippen LogP contribution in [0.4, 0.5) is 0 Å². The topological polar surface area (TPSA) is 242 Å². The molecule has 1 saturated heterocycles. The predicted molar refractivity (Wildman–Crippen MR) is 314 cm³/mol. The van der Waals surface area contributed by atoms with Crippen LogP contribution in [0.5, 0.6) is 0 Å². The van der Waals surface area contributed by atoms with Crippen molar-refractivity contribution in [2.75, 3.05) is 82.1 Å². The summed E-state index contributed by atoms with van der Waals surface area (Å²) in [5, 5.41) is 19.7. The van der Waals surface area contributed by atoms with Gasteiger partial charge in [-0.25, -0.2) is 0 Å². The Kier molecular flexibility index (Phi) is 29.7. The largest absolute Gasteiger partial charge is 0.391 e. The van der Waals surface area contributed by atoms with Gasteiger partial charge in [-0.15, -0.1) is 0 Å². The van der Waals surface area contributed by atoms with Gasteiger partial charge >= 0.3 is 0 Å². The highest BCUT2D eigenvalue weighted by molar-refractivity contribution is 5.97. The van der Waals surface area contributed by atoms with Crippen LogP contribution in [-0.4, -0.2) is 235 Å². The number of ether oxygens (including phenoxy) is 1. The van der Waals surface area contributed by atoms with E-state index in [4.69, 9.17) is 4.74 Å². The smallest absolute Gasteiger partial charge is 0.247 e. The summed E-state index contributed by atoms with van der Waals surface area (Å²) in [5.41, 5.74) is 0.0915. The van der Waals surface area contributed by atoms with Gasteiger partial charge in [0, 0.05) is 60.7 Å². The highest BCUT2D eigenvalue weighted by atomic mass is 16.5. The summed E-state index contributed by atoms with van der Waals surface area (Å²) in [6, 6.07) is 1.38. The minimum atomic E-state index is -1.28. The first-order valence-corrected chi connectivity index (χ1v) is 29.1. The zero-order chi connectivity index (χ0) is 61.8. The number of nitrogens with one attached hydrogen (secondary N) is 3. The molecular formula is C60H104N10O11. The Morgan fingerprint density at radius 3 is 1.69 bits per heavy atom. The van der Waals surface area contributed by atoms with Crippen molar-refractivity contribution >= 4 is 53.0 Å². The van der Waals surface area contributed by atoms with Crippen molar-refractivity contribution in [3.05, 3.63) is 35.9 Å². The fourth-order valence-electron chi connectivity index (χ4n) is 9.93. The molecule has 8 amide bonds. The summed E-state index contributed by atoms with van der Waals surface area (Å²) in [6.45, 7) is 21.9. The van der Waals surface area contributed by atoms with Crippen LogP contribution in [0.3, 0.4) is 0 Å². The Morgan fingerprint density at radius 1 is 0.654 bits per heavy atom. The van der Waals surface area contributed by atoms with E-state index in [0.29, 0.717) is 19.5 Å². The van der Waals surface area contributed by atoms with E-state index in [1.54, 1.807) is 77.6 Å². The van der Waals surface area contributed by atoms with E-state index in [1.807, 2.05) is 71.9 Å². The summed E-state index contributed by atoms with van der Waals surface area (Å²) in [4.78, 5) is 137. The van der Waals surface area contributed by atoms with Crippen molar-refractivity contribution in [1.82, 2.24) is 50.2 Å². The molecule has 1 aliphatic rings. The lowest BCUT2D eigenvalue weighted by atomic mass is 9.94. The number of likely N-dealkylation sites (N-methyl/N-ethyl adjacent to an activating group) is 6. The number of piperidine rings is 1. The molecule has 21 heteroatoms. The monoisotopic (exact) mass is 1140 g/mol. The number of likely N-dealkylation sites (tertiary alicyclic amines) is 1. The normalized spacial score (nSPS) is 16.7. The summed E-state index contributed by atoms with van der Waals surface area (Å²) in [7, 11) is 11.3. The van der Waals surface area contributed by atoms with Crippen molar-refractivity contribution in [1.29, 1.82) is 0 Å². The van der Waals surface area contributed by atoms with E-state index in [0.717, 1.165) is 24.8 Å². The van der Waals surface area contributed by atoms with Gasteiger partial charge in [0.2, 0.25) is 47.3 Å². The third kappa shape index (κ3) is 23.0. The van der Waals surface area contributed by atoms with Crippen LogP contribution in [0.2, 0.25) is 0 Å². The number of aliphatic hydroxyl groups is 1. The zero-order valence-electron chi connectivity index (χ0n) is 52.7. The summed E-state index contributed by atoms with van der Waals surface area (Å²) in [5.74, 6) is -4.73. The standard InChI is InChI=1S/C60H104N10O11/c1-20-40(6)52(54(75)62-45(33-41(7)71)57(78)70-29-25-22-26-30-70)69(19)59(80)49(32-39(4)5)68(18)56(77)47(37-81-60(10,11)12)61-51(73)36-65(15)35-46(43(9)72)63-53(74)48(31-38(2)3)66(16)58(79)50(34-44-27-23-21-24-28-44)67(17)55(76)42(8)64(13)14/h21,23-24,27-28,38-40,42-43,45-50,52,72H,20,22,25-26,29-37H2,1-19H3,(H,61,73)(H,62,75)(H,63,74)/t40-,42+,43+,45-,46+,47-,48-,49-,50-,52-/m0/s1. The zero-order valence-corrected chi connectivity index (χ0v) is 52.7. The second-order valence-electron chi connectivity index (χ2n) is 24.7. The van der Waals surface area contributed by atoms with Gasteiger partial charge in [0.1, 0.15) is 42.0 Å². The number of benzene rings is 1. The number of ketones is 1. The van der Waals surface area contributed by atoms with Gasteiger partial charge in [-0.3, -0.25) is 53.0 Å². The number of rotatable bonds is 32. The molecule has 4 N–H and O–H groups in total. The van der Waals surface area contributed by atoms with Gasteiger partial charge < -0.3 is 50.3 Å². The lowest BCUT2D eigenvalue weighted by molar-refractivity contribution is -0.152. The Morgan fingerprint density at radius 2 is 1.19 bits per heavy atom. The minimum Gasteiger partial charge on any atom is -0.391 e. The fourth-order valence-corrected chi connectivity index (χ4v) is 9.93. The highest BCUT2D eigenvalue weighted by Gasteiger charge is 2.42. The Balaban J connectivity index is 2.41. The van der Waals surface area contributed by atoms with E-state index in [-0.39, 0.29) is 74.8 Å². The predicted octanol–water partition coefficient (Wildman–Crippen LogP) is 3.20. The number of carbonyl (C=O) groups excluding carboxylic acids is 9. The molecule has 1 aromatic carbocycles. The average molecular weight is 1140 g/mol. The molecule has 0 saturated carbocycles. The first-order valence-electron chi connectivity index (χ1n) is 29.1. The quantitative estimate of drug-likeness (QED) is 0.0812. The third-order valence-corrected chi connectivity index (χ3v) is 15.2. The van der Waals surface area contributed by atoms with E-state index < -0.39 is 101 Å². The van der Waals surface area contributed by atoms with Crippen LogP contribution in [-0.2, 0) is 54.3 Å². The fraction of sp³-hybridized carbons (Fsp3) is 0.750. The van der Waals surface area contributed by atoms with E-state index in [2.05, 4.69) is 16.0 Å². The first-order chi connectivity index (χ1) is 37.6. The van der Waals surface area contributed by atoms with Crippen molar-refractivity contribution in [3.63, 3.8) is 0 Å². The Hall–Kier alpha value is -5.51. The third-order valence-electron chi connectivity index (χ3n) is 15.2. The Bertz CT molecular complexity index is 2220. The molecule has 0 aliphatic carbocycles. The molecular weight excluding hydrogens is 1040 g/mol. The van der Waals surface area contributed by atoms with Crippen LogP contribution < -0.4 is 16.0 Å². The van der Waals surface area contributed by atoms with Crippen LogP contribution in [0.1, 0.15) is 134 Å². The van der Waals surface area contributed by atoms with Gasteiger partial charge in [0.05, 0.1) is 36.9 Å². The molecule has 0 spiro atoms. The van der Waals surface area contributed by atoms with Crippen molar-refractivity contribution < 1.29 is 53.0 Å². The maximum atomic E-state index is 14.8. The molecule has 1 aliphatic heterocycles. The number of Topliss-reactive ketones (excluding diaryl/α,β-unsaturated/α-hetero) is 1. The molecule has 1 aromatic rings. The summed E-state index contributed by atoms with van der Waals surface area (Å²) in [6.07, 6.45) is 2.46. The number of aliphatic hydroxyl groups excluding tert-OH is 1. The van der Waals surface area contributed by atoms with Gasteiger partial charge in [0.15, 0.2) is 0 Å². The number of hydrogen-bond donors (Lipinski definition) is 4. The minimum absolute atomic E-state index is 0.0275. The number of carbonyl (C=O) groups is 9. The summed E-state index contributed by atoms with van der Waals surface area (Å²) >= 11 is 0. The molecule has 0 aromatic heterocycles. The maximum Gasteiger partial charge on any atom is 0.247 e. The molecule has 460 valence electrons. The second kappa shape index (κ2) is 33.6. The van der Waals surface area contributed by atoms with Gasteiger partial charge in [-0.05, 0) is 118 Å². The number of amides is 8. The second-order valence-corrected chi connectivity index (χ2v) is 24.7. The molecule has 81 heavy (non-hydrogen) atoms. The lowest BCUT2D eigenvalue weighted by Crippen LogP contribution is -2.61. The first kappa shape index (κ1) is 71.6. The highest BCUT2D eigenvalue weighted by Crippen LogP contribution is 2.23. The molecule has 21 nitrogen and oxygen atoms in total. The molecule has 0 radical (unpaired) electrons. The molecule has 2 rings (SSSR count). The molecule has 0 unspecified atom stereocenters. The van der Waals surface area contributed by atoms with Crippen LogP contribution >= 0.6 is 0 Å². The van der Waals surface area contributed by atoms with Crippen molar-refractivity contribution in [2.45, 2.75) is 194 Å². The number of nitrogens with zero attached hydrogens (tertiary/aromatic N) is 7. The summed E-state index contributed by atoms with van der Waals surface area (Å²) < 4.78 is 6.09. The maximum absolute atomic E-state index is 14.8. The average Bonchev–Trinajstić information content (AvgIpc) is 3.46. The van der Waals surface area contributed by atoms with Gasteiger partial charge in [-0.2, -0.15) is 0 Å². The number of hydrogen-bond acceptors (Lipinski definition) is 13. The van der Waals surface area contributed by atoms with Gasteiger partial charge in [0.25, 0.3) is 0 Å². The van der Waals surface area contributed by atoms with E-state index in [9.17, 15) is 48.3 Å².